The lowest BCUT2D eigenvalue weighted by Crippen LogP contribution is -2.36. The first-order valence-electron chi connectivity index (χ1n) is 4.90. The molecule has 16 heavy (non-hydrogen) atoms. The zero-order chi connectivity index (χ0) is 12.3. The molecule has 0 radical (unpaired) electrons. The van der Waals surface area contributed by atoms with E-state index in [2.05, 4.69) is 27.9 Å². The minimum atomic E-state index is -0.513. The largest absolute Gasteiger partial charge is 0.363 e. The monoisotopic (exact) mass is 263 g/mol. The summed E-state index contributed by atoms with van der Waals surface area (Å²) in [6, 6.07) is -0.00343. The molecule has 0 bridgehead atoms. The van der Waals surface area contributed by atoms with E-state index >= 15 is 0 Å². The Labute approximate surface area is 105 Å². The SMILES string of the molecule is CC(C)(C)C(CS)Nc1nc(Cl)ncc1F. The summed E-state index contributed by atoms with van der Waals surface area (Å²) in [5, 5.41) is 3.01. The molecular weight excluding hydrogens is 249 g/mol. The maximum absolute atomic E-state index is 13.4. The number of aromatic nitrogens is 2. The van der Waals surface area contributed by atoms with Crippen LogP contribution >= 0.6 is 24.2 Å². The van der Waals surface area contributed by atoms with Crippen LogP contribution in [-0.4, -0.2) is 21.8 Å². The molecular formula is C10H15ClFN3S. The third kappa shape index (κ3) is 3.49. The zero-order valence-corrected chi connectivity index (χ0v) is 11.1. The Kier molecular flexibility index (Phi) is 4.38. The predicted octanol–water partition coefficient (Wildman–Crippen LogP) is 3.03. The molecule has 1 heterocycles. The van der Waals surface area contributed by atoms with Gasteiger partial charge in [-0.25, -0.2) is 9.37 Å². The van der Waals surface area contributed by atoms with E-state index in [1.807, 2.05) is 20.8 Å². The van der Waals surface area contributed by atoms with E-state index < -0.39 is 5.82 Å². The Bertz CT molecular complexity index is 368. The molecule has 1 aromatic heterocycles. The number of halogens is 2. The van der Waals surface area contributed by atoms with Crippen LogP contribution in [0.25, 0.3) is 0 Å². The minimum absolute atomic E-state index is 0.00343. The molecule has 3 nitrogen and oxygen atoms in total. The van der Waals surface area contributed by atoms with E-state index in [1.54, 1.807) is 0 Å². The third-order valence-corrected chi connectivity index (χ3v) is 2.80. The van der Waals surface area contributed by atoms with Crippen molar-refractivity contribution in [3.8, 4) is 0 Å². The Morgan fingerprint density at radius 3 is 2.69 bits per heavy atom. The molecule has 0 aliphatic rings. The minimum Gasteiger partial charge on any atom is -0.363 e. The molecule has 0 saturated carbocycles. The van der Waals surface area contributed by atoms with Crippen LogP contribution in [-0.2, 0) is 0 Å². The molecule has 1 atom stereocenters. The van der Waals surface area contributed by atoms with Crippen molar-refractivity contribution in [3.05, 3.63) is 17.3 Å². The average molecular weight is 264 g/mol. The normalized spacial score (nSPS) is 13.6. The van der Waals surface area contributed by atoms with Crippen molar-refractivity contribution in [1.29, 1.82) is 0 Å². The van der Waals surface area contributed by atoms with Crippen LogP contribution in [0.4, 0.5) is 10.2 Å². The summed E-state index contributed by atoms with van der Waals surface area (Å²) in [6.45, 7) is 6.13. The number of nitrogens with one attached hydrogen (secondary N) is 1. The van der Waals surface area contributed by atoms with Gasteiger partial charge in [0.05, 0.1) is 6.20 Å². The zero-order valence-electron chi connectivity index (χ0n) is 9.46. The first-order valence-corrected chi connectivity index (χ1v) is 5.91. The highest BCUT2D eigenvalue weighted by Gasteiger charge is 2.24. The summed E-state index contributed by atoms with van der Waals surface area (Å²) in [7, 11) is 0. The Hall–Kier alpha value is -0.550. The molecule has 0 aliphatic heterocycles. The second-order valence-electron chi connectivity index (χ2n) is 4.58. The fourth-order valence-electron chi connectivity index (χ4n) is 1.15. The van der Waals surface area contributed by atoms with Crippen LogP contribution in [0, 0.1) is 11.2 Å². The van der Waals surface area contributed by atoms with Crippen molar-refractivity contribution in [3.63, 3.8) is 0 Å². The summed E-state index contributed by atoms with van der Waals surface area (Å²) in [4.78, 5) is 7.36. The van der Waals surface area contributed by atoms with E-state index in [0.717, 1.165) is 6.20 Å². The third-order valence-electron chi connectivity index (χ3n) is 2.25. The maximum atomic E-state index is 13.4. The fraction of sp³-hybridized carbons (Fsp3) is 0.600. The van der Waals surface area contributed by atoms with Crippen LogP contribution in [0.1, 0.15) is 20.8 Å². The van der Waals surface area contributed by atoms with Crippen LogP contribution in [0.3, 0.4) is 0 Å². The lowest BCUT2D eigenvalue weighted by molar-refractivity contribution is 0.362. The quantitative estimate of drug-likeness (QED) is 0.650. The summed E-state index contributed by atoms with van der Waals surface area (Å²) in [5.74, 6) is 0.180. The molecule has 90 valence electrons. The topological polar surface area (TPSA) is 37.8 Å². The Morgan fingerprint density at radius 1 is 1.56 bits per heavy atom. The van der Waals surface area contributed by atoms with Gasteiger partial charge < -0.3 is 5.32 Å². The van der Waals surface area contributed by atoms with Crippen molar-refractivity contribution >= 4 is 30.0 Å². The molecule has 0 amide bonds. The van der Waals surface area contributed by atoms with Gasteiger partial charge in [0.25, 0.3) is 0 Å². The van der Waals surface area contributed by atoms with Crippen LogP contribution in [0.5, 0.6) is 0 Å². The van der Waals surface area contributed by atoms with Gasteiger partial charge >= 0.3 is 0 Å². The van der Waals surface area contributed by atoms with Gasteiger partial charge in [0, 0.05) is 11.8 Å². The molecule has 0 saturated heterocycles. The lowest BCUT2D eigenvalue weighted by atomic mass is 9.88. The first-order chi connectivity index (χ1) is 7.34. The van der Waals surface area contributed by atoms with Crippen molar-refractivity contribution < 1.29 is 4.39 Å². The number of thiol groups is 1. The van der Waals surface area contributed by atoms with Gasteiger partial charge in [0.1, 0.15) is 0 Å². The number of hydrogen-bond acceptors (Lipinski definition) is 4. The molecule has 6 heteroatoms. The van der Waals surface area contributed by atoms with Crippen LogP contribution < -0.4 is 5.32 Å². The number of nitrogens with zero attached hydrogens (tertiary/aromatic N) is 2. The van der Waals surface area contributed by atoms with Gasteiger partial charge in [0.2, 0.25) is 5.28 Å². The van der Waals surface area contributed by atoms with Crippen molar-refractivity contribution in [2.45, 2.75) is 26.8 Å². The molecule has 0 aliphatic carbocycles. The standard InChI is InChI=1S/C10H15ClFN3S/c1-10(2,3)7(5-16)14-8-6(12)4-13-9(11)15-8/h4,7,16H,5H2,1-3H3,(H,13,14,15). The molecule has 0 spiro atoms. The van der Waals surface area contributed by atoms with E-state index in [0.29, 0.717) is 5.75 Å². The van der Waals surface area contributed by atoms with Crippen molar-refractivity contribution in [1.82, 2.24) is 9.97 Å². The van der Waals surface area contributed by atoms with Crippen molar-refractivity contribution in [2.24, 2.45) is 5.41 Å². The van der Waals surface area contributed by atoms with Crippen LogP contribution in [0.15, 0.2) is 6.20 Å². The van der Waals surface area contributed by atoms with E-state index in [1.165, 1.54) is 0 Å². The number of hydrogen-bond donors (Lipinski definition) is 2. The molecule has 1 N–H and O–H groups in total. The van der Waals surface area contributed by atoms with Gasteiger partial charge in [-0.05, 0) is 17.0 Å². The van der Waals surface area contributed by atoms with Gasteiger partial charge in [-0.3, -0.25) is 0 Å². The molecule has 1 aromatic rings. The van der Waals surface area contributed by atoms with Gasteiger partial charge in [-0.1, -0.05) is 20.8 Å². The van der Waals surface area contributed by atoms with E-state index in [-0.39, 0.29) is 22.6 Å². The highest BCUT2D eigenvalue weighted by molar-refractivity contribution is 7.80. The maximum Gasteiger partial charge on any atom is 0.224 e. The van der Waals surface area contributed by atoms with Gasteiger partial charge in [-0.15, -0.1) is 0 Å². The van der Waals surface area contributed by atoms with E-state index in [4.69, 9.17) is 11.6 Å². The van der Waals surface area contributed by atoms with Gasteiger partial charge in [-0.2, -0.15) is 17.6 Å². The highest BCUT2D eigenvalue weighted by atomic mass is 35.5. The van der Waals surface area contributed by atoms with E-state index in [9.17, 15) is 4.39 Å². The predicted molar refractivity (Wildman–Crippen MR) is 67.7 cm³/mol. The highest BCUT2D eigenvalue weighted by Crippen LogP contribution is 2.24. The Morgan fingerprint density at radius 2 is 2.19 bits per heavy atom. The lowest BCUT2D eigenvalue weighted by Gasteiger charge is -2.30. The molecule has 0 fully saturated rings. The fourth-order valence-corrected chi connectivity index (χ4v) is 1.92. The Balaban J connectivity index is 2.90. The average Bonchev–Trinajstić information content (AvgIpc) is 2.17. The summed E-state index contributed by atoms with van der Waals surface area (Å²) in [6.07, 6.45) is 1.05. The first kappa shape index (κ1) is 13.5. The summed E-state index contributed by atoms with van der Waals surface area (Å²) in [5.41, 5.74) is -0.0500. The smallest absolute Gasteiger partial charge is 0.224 e. The molecule has 1 unspecified atom stereocenters. The van der Waals surface area contributed by atoms with Gasteiger partial charge in [0.15, 0.2) is 11.6 Å². The molecule has 0 aromatic carbocycles. The summed E-state index contributed by atoms with van der Waals surface area (Å²) < 4.78 is 13.4. The van der Waals surface area contributed by atoms with Crippen LogP contribution in [0.2, 0.25) is 5.28 Å². The number of anilines is 1. The molecule has 1 rings (SSSR count). The van der Waals surface area contributed by atoms with Crippen molar-refractivity contribution in [2.75, 3.05) is 11.1 Å². The number of rotatable bonds is 3. The second kappa shape index (κ2) is 5.19. The second-order valence-corrected chi connectivity index (χ2v) is 5.28. The summed E-state index contributed by atoms with van der Waals surface area (Å²) >= 11 is 9.85.